The van der Waals surface area contributed by atoms with E-state index in [1.807, 2.05) is 0 Å². The van der Waals surface area contributed by atoms with Gasteiger partial charge in [-0.15, -0.1) is 0 Å². The quantitative estimate of drug-likeness (QED) is 0.580. The number of hydrogen-bond acceptors (Lipinski definition) is 7. The van der Waals surface area contributed by atoms with Gasteiger partial charge in [0.1, 0.15) is 11.9 Å². The highest BCUT2D eigenvalue weighted by Gasteiger charge is 2.36. The molecule has 1 aliphatic heterocycles. The fraction of sp³-hybridized carbons (Fsp3) is 0.190. The number of rotatable bonds is 7. The third kappa shape index (κ3) is 5.00. The average molecular weight is 465 g/mol. The average Bonchev–Trinajstić information content (AvgIpc) is 2.98. The van der Waals surface area contributed by atoms with Gasteiger partial charge in [0.25, 0.3) is 11.1 Å². The number of carbonyl (C=O) groups is 3. The summed E-state index contributed by atoms with van der Waals surface area (Å²) in [5.74, 6) is -2.16. The largest absolute Gasteiger partial charge is 0.546 e. The Bertz CT molecular complexity index is 1070. The first-order valence-electron chi connectivity index (χ1n) is 8.95. The van der Waals surface area contributed by atoms with E-state index in [0.717, 1.165) is 4.90 Å². The maximum absolute atomic E-state index is 14.0. The molecule has 0 aromatic heterocycles. The zero-order valence-corrected chi connectivity index (χ0v) is 18.0. The van der Waals surface area contributed by atoms with Gasteiger partial charge in [-0.05, 0) is 54.6 Å². The van der Waals surface area contributed by atoms with E-state index in [9.17, 15) is 23.9 Å². The van der Waals surface area contributed by atoms with E-state index in [1.54, 1.807) is 6.07 Å². The number of carboxylic acid groups (broad SMARTS) is 1. The van der Waals surface area contributed by atoms with Crippen LogP contribution < -0.4 is 14.6 Å². The van der Waals surface area contributed by atoms with Crippen molar-refractivity contribution in [2.24, 2.45) is 0 Å². The molecular weight excluding hydrogens is 449 g/mol. The van der Waals surface area contributed by atoms with E-state index in [1.165, 1.54) is 50.4 Å². The lowest BCUT2D eigenvalue weighted by molar-refractivity contribution is -0.312. The molecule has 162 valence electrons. The number of amides is 2. The Morgan fingerprint density at radius 2 is 2.03 bits per heavy atom. The van der Waals surface area contributed by atoms with E-state index in [4.69, 9.17) is 21.1 Å². The first-order chi connectivity index (χ1) is 14.7. The summed E-state index contributed by atoms with van der Waals surface area (Å²) in [6, 6.07) is 8.69. The fourth-order valence-corrected chi connectivity index (χ4v) is 3.80. The lowest BCUT2D eigenvalue weighted by Gasteiger charge is -2.17. The van der Waals surface area contributed by atoms with Crippen LogP contribution in [0, 0.1) is 5.82 Å². The molecule has 7 nitrogen and oxygen atoms in total. The zero-order valence-electron chi connectivity index (χ0n) is 16.4. The first-order valence-corrected chi connectivity index (χ1v) is 10.1. The van der Waals surface area contributed by atoms with E-state index in [0.29, 0.717) is 17.3 Å². The number of halogens is 2. The minimum Gasteiger partial charge on any atom is -0.546 e. The number of carbonyl (C=O) groups excluding carboxylic acids is 3. The SMILES string of the molecule is COc1cc(/C=C2/SC(=O)N(Cc3c(F)cccc3Cl)C2=O)ccc1O[C@H](C)C(=O)[O-]. The second kappa shape index (κ2) is 9.40. The van der Waals surface area contributed by atoms with Crippen molar-refractivity contribution >= 4 is 46.6 Å². The Balaban J connectivity index is 1.83. The van der Waals surface area contributed by atoms with E-state index < -0.39 is 29.0 Å². The summed E-state index contributed by atoms with van der Waals surface area (Å²) in [5, 5.41) is 10.4. The summed E-state index contributed by atoms with van der Waals surface area (Å²) in [7, 11) is 1.38. The number of imide groups is 1. The molecule has 2 aromatic rings. The second-order valence-corrected chi connectivity index (χ2v) is 7.86. The molecule has 0 bridgehead atoms. The van der Waals surface area contributed by atoms with Crippen LogP contribution in [0.4, 0.5) is 9.18 Å². The lowest BCUT2D eigenvalue weighted by Crippen LogP contribution is -2.37. The maximum atomic E-state index is 14.0. The number of aliphatic carboxylic acids is 1. The molecule has 1 heterocycles. The molecular formula is C21H16ClFNO6S-. The van der Waals surface area contributed by atoms with Crippen molar-refractivity contribution in [3.63, 3.8) is 0 Å². The van der Waals surface area contributed by atoms with Crippen molar-refractivity contribution in [1.29, 1.82) is 0 Å². The molecule has 2 aromatic carbocycles. The summed E-state index contributed by atoms with van der Waals surface area (Å²) >= 11 is 6.71. The van der Waals surface area contributed by atoms with Gasteiger partial charge in [0, 0.05) is 10.6 Å². The normalized spacial score (nSPS) is 16.0. The van der Waals surface area contributed by atoms with Crippen molar-refractivity contribution in [2.45, 2.75) is 19.6 Å². The van der Waals surface area contributed by atoms with Gasteiger partial charge in [-0.3, -0.25) is 14.5 Å². The van der Waals surface area contributed by atoms with Crippen LogP contribution in [0.25, 0.3) is 6.08 Å². The van der Waals surface area contributed by atoms with Crippen molar-refractivity contribution in [1.82, 2.24) is 4.90 Å². The number of benzene rings is 2. The smallest absolute Gasteiger partial charge is 0.293 e. The first kappa shape index (κ1) is 22.6. The summed E-state index contributed by atoms with van der Waals surface area (Å²) in [6.07, 6.45) is 0.281. The van der Waals surface area contributed by atoms with Crippen LogP contribution >= 0.6 is 23.4 Å². The Hall–Kier alpha value is -3.04. The molecule has 0 spiro atoms. The molecule has 1 atom stereocenters. The predicted octanol–water partition coefficient (Wildman–Crippen LogP) is 3.24. The van der Waals surface area contributed by atoms with E-state index in [2.05, 4.69) is 0 Å². The highest BCUT2D eigenvalue weighted by molar-refractivity contribution is 8.18. The Labute approximate surface area is 186 Å². The topological polar surface area (TPSA) is 96.0 Å². The van der Waals surface area contributed by atoms with Gasteiger partial charge in [0.2, 0.25) is 0 Å². The van der Waals surface area contributed by atoms with Crippen molar-refractivity contribution in [3.8, 4) is 11.5 Å². The van der Waals surface area contributed by atoms with Gasteiger partial charge in [-0.2, -0.15) is 0 Å². The number of thioether (sulfide) groups is 1. The van der Waals surface area contributed by atoms with Crippen molar-refractivity contribution < 1.29 is 33.4 Å². The van der Waals surface area contributed by atoms with Gasteiger partial charge in [-0.1, -0.05) is 23.7 Å². The maximum Gasteiger partial charge on any atom is 0.293 e. The van der Waals surface area contributed by atoms with Crippen LogP contribution in [0.3, 0.4) is 0 Å². The predicted molar refractivity (Wildman–Crippen MR) is 111 cm³/mol. The fourth-order valence-electron chi connectivity index (χ4n) is 2.74. The van der Waals surface area contributed by atoms with Gasteiger partial charge < -0.3 is 19.4 Å². The number of ether oxygens (including phenoxy) is 2. The zero-order chi connectivity index (χ0) is 22.7. The molecule has 0 unspecified atom stereocenters. The molecule has 0 saturated carbocycles. The van der Waals surface area contributed by atoms with Gasteiger partial charge in [-0.25, -0.2) is 4.39 Å². The van der Waals surface area contributed by atoms with Gasteiger partial charge >= 0.3 is 0 Å². The van der Waals surface area contributed by atoms with Crippen LogP contribution in [-0.2, 0) is 16.1 Å². The van der Waals surface area contributed by atoms with Crippen LogP contribution in [0.15, 0.2) is 41.3 Å². The molecule has 1 aliphatic rings. The van der Waals surface area contributed by atoms with E-state index in [-0.39, 0.29) is 33.5 Å². The minimum absolute atomic E-state index is 0.0536. The molecule has 0 N–H and O–H groups in total. The molecule has 1 saturated heterocycles. The molecule has 3 rings (SSSR count). The third-order valence-electron chi connectivity index (χ3n) is 4.37. The third-order valence-corrected chi connectivity index (χ3v) is 5.63. The van der Waals surface area contributed by atoms with Crippen LogP contribution in [-0.4, -0.2) is 35.2 Å². The second-order valence-electron chi connectivity index (χ2n) is 6.46. The lowest BCUT2D eigenvalue weighted by atomic mass is 10.1. The Morgan fingerprint density at radius 1 is 1.29 bits per heavy atom. The highest BCUT2D eigenvalue weighted by Crippen LogP contribution is 2.36. The molecule has 2 amide bonds. The summed E-state index contributed by atoms with van der Waals surface area (Å²) in [5.41, 5.74) is 0.567. The number of hydrogen-bond donors (Lipinski definition) is 0. The van der Waals surface area contributed by atoms with Gasteiger partial charge in [0.15, 0.2) is 11.5 Å². The number of methoxy groups -OCH3 is 1. The van der Waals surface area contributed by atoms with E-state index >= 15 is 0 Å². The summed E-state index contributed by atoms with van der Waals surface area (Å²) in [4.78, 5) is 37.0. The summed E-state index contributed by atoms with van der Waals surface area (Å²) in [6.45, 7) is 1.03. The Kier molecular flexibility index (Phi) is 6.87. The number of carboxylic acids is 1. The van der Waals surface area contributed by atoms with Crippen molar-refractivity contribution in [3.05, 3.63) is 63.3 Å². The standard InChI is InChI=1S/C21H17ClFNO6S/c1-11(20(26)27)30-16-7-6-12(8-17(16)29-2)9-18-19(25)24(21(28)31-18)10-13-14(22)4-3-5-15(13)23/h3-9,11H,10H2,1-2H3,(H,26,27)/p-1/b18-9+/t11-/m1/s1. The van der Waals surface area contributed by atoms with Crippen molar-refractivity contribution in [2.75, 3.05) is 7.11 Å². The molecule has 10 heteroatoms. The monoisotopic (exact) mass is 464 g/mol. The number of nitrogens with zero attached hydrogens (tertiary/aromatic N) is 1. The van der Waals surface area contributed by atoms with Crippen LogP contribution in [0.2, 0.25) is 5.02 Å². The highest BCUT2D eigenvalue weighted by atomic mass is 35.5. The van der Waals surface area contributed by atoms with Gasteiger partial charge in [0.05, 0.1) is 24.5 Å². The summed E-state index contributed by atoms with van der Waals surface area (Å²) < 4.78 is 24.5. The van der Waals surface area contributed by atoms with Crippen LogP contribution in [0.5, 0.6) is 11.5 Å². The molecule has 1 fully saturated rings. The molecule has 0 radical (unpaired) electrons. The molecule has 31 heavy (non-hydrogen) atoms. The van der Waals surface area contributed by atoms with Crippen LogP contribution in [0.1, 0.15) is 18.1 Å². The molecule has 0 aliphatic carbocycles. The minimum atomic E-state index is -1.38. The Morgan fingerprint density at radius 3 is 2.68 bits per heavy atom.